The summed E-state index contributed by atoms with van der Waals surface area (Å²) in [5, 5.41) is 36.5. The second kappa shape index (κ2) is 5.90. The summed E-state index contributed by atoms with van der Waals surface area (Å²) in [7, 11) is 0. The van der Waals surface area contributed by atoms with Crippen molar-refractivity contribution in [1.29, 1.82) is 0 Å². The van der Waals surface area contributed by atoms with Crippen molar-refractivity contribution in [1.82, 2.24) is 0 Å². The fourth-order valence-electron chi connectivity index (χ4n) is 1.69. The molecular formula is C12H14O6. The molecule has 1 aromatic carbocycles. The van der Waals surface area contributed by atoms with Gasteiger partial charge in [-0.2, -0.15) is 0 Å². The first kappa shape index (κ1) is 13.8. The molecule has 18 heavy (non-hydrogen) atoms. The van der Waals surface area contributed by atoms with Gasteiger partial charge in [0, 0.05) is 24.0 Å². The topological polar surface area (TPSA) is 115 Å². The summed E-state index contributed by atoms with van der Waals surface area (Å²) in [5.74, 6) is -2.31. The van der Waals surface area contributed by atoms with Crippen LogP contribution in [0.1, 0.15) is 24.0 Å². The van der Waals surface area contributed by atoms with Crippen LogP contribution in [-0.2, 0) is 22.4 Å². The number of hydrogen-bond donors (Lipinski definition) is 4. The van der Waals surface area contributed by atoms with Gasteiger partial charge in [-0.05, 0) is 25.0 Å². The number of carboxylic acid groups (broad SMARTS) is 2. The summed E-state index contributed by atoms with van der Waals surface area (Å²) in [6.45, 7) is 0. The fraction of sp³-hybridized carbons (Fsp3) is 0.333. The van der Waals surface area contributed by atoms with Gasteiger partial charge in [-0.1, -0.05) is 0 Å². The van der Waals surface area contributed by atoms with Crippen molar-refractivity contribution in [3.05, 3.63) is 23.3 Å². The van der Waals surface area contributed by atoms with Crippen LogP contribution in [0.5, 0.6) is 11.5 Å². The van der Waals surface area contributed by atoms with E-state index in [0.29, 0.717) is 11.1 Å². The Kier molecular flexibility index (Phi) is 4.53. The van der Waals surface area contributed by atoms with E-state index >= 15 is 0 Å². The Morgan fingerprint density at radius 3 is 1.44 bits per heavy atom. The zero-order valence-electron chi connectivity index (χ0n) is 9.59. The summed E-state index contributed by atoms with van der Waals surface area (Å²) in [6, 6.07) is 2.52. The van der Waals surface area contributed by atoms with Crippen LogP contribution >= 0.6 is 0 Å². The maximum Gasteiger partial charge on any atom is 0.303 e. The van der Waals surface area contributed by atoms with Crippen molar-refractivity contribution in [2.24, 2.45) is 0 Å². The Hall–Kier alpha value is -2.24. The van der Waals surface area contributed by atoms with Crippen LogP contribution in [0.4, 0.5) is 0 Å². The molecule has 0 aromatic heterocycles. The number of hydrogen-bond acceptors (Lipinski definition) is 4. The molecule has 0 spiro atoms. The number of aromatic hydroxyl groups is 2. The highest BCUT2D eigenvalue weighted by Crippen LogP contribution is 2.31. The van der Waals surface area contributed by atoms with Crippen LogP contribution in [-0.4, -0.2) is 32.4 Å². The van der Waals surface area contributed by atoms with Gasteiger partial charge in [0.2, 0.25) is 0 Å². The molecule has 0 atom stereocenters. The minimum Gasteiger partial charge on any atom is -0.508 e. The summed E-state index contributed by atoms with van der Waals surface area (Å²) in [6.07, 6.45) is -0.302. The lowest BCUT2D eigenvalue weighted by atomic mass is 9.97. The quantitative estimate of drug-likeness (QED) is 0.566. The van der Waals surface area contributed by atoms with Gasteiger partial charge in [0.1, 0.15) is 11.5 Å². The number of carboxylic acids is 2. The van der Waals surface area contributed by atoms with Gasteiger partial charge < -0.3 is 20.4 Å². The van der Waals surface area contributed by atoms with Crippen LogP contribution in [0, 0.1) is 0 Å². The Bertz CT molecular complexity index is 423. The van der Waals surface area contributed by atoms with Gasteiger partial charge >= 0.3 is 11.9 Å². The van der Waals surface area contributed by atoms with E-state index in [-0.39, 0.29) is 37.2 Å². The molecule has 1 rings (SSSR count). The maximum absolute atomic E-state index is 10.5. The van der Waals surface area contributed by atoms with Crippen LogP contribution in [0.15, 0.2) is 12.1 Å². The average molecular weight is 254 g/mol. The number of carbonyl (C=O) groups is 2. The molecule has 0 bridgehead atoms. The molecule has 6 nitrogen and oxygen atoms in total. The number of benzene rings is 1. The Labute approximate surface area is 103 Å². The van der Waals surface area contributed by atoms with Gasteiger partial charge in [0.15, 0.2) is 0 Å². The fourth-order valence-corrected chi connectivity index (χ4v) is 1.69. The molecule has 0 aliphatic heterocycles. The van der Waals surface area contributed by atoms with Crippen molar-refractivity contribution in [3.63, 3.8) is 0 Å². The van der Waals surface area contributed by atoms with E-state index < -0.39 is 11.9 Å². The van der Waals surface area contributed by atoms with Crippen LogP contribution in [0.25, 0.3) is 0 Å². The highest BCUT2D eigenvalue weighted by Gasteiger charge is 2.15. The van der Waals surface area contributed by atoms with Crippen molar-refractivity contribution in [2.45, 2.75) is 25.7 Å². The molecule has 4 N–H and O–H groups in total. The van der Waals surface area contributed by atoms with Gasteiger partial charge in [-0.25, -0.2) is 0 Å². The summed E-state index contributed by atoms with van der Waals surface area (Å²) in [4.78, 5) is 21.0. The molecule has 0 aliphatic rings. The van der Waals surface area contributed by atoms with Gasteiger partial charge in [-0.15, -0.1) is 0 Å². The number of rotatable bonds is 6. The largest absolute Gasteiger partial charge is 0.508 e. The molecule has 6 heteroatoms. The maximum atomic E-state index is 10.5. The molecule has 0 aliphatic carbocycles. The second-order valence-electron chi connectivity index (χ2n) is 3.85. The SMILES string of the molecule is O=C(O)CCc1c(O)ccc(O)c1CCC(=O)O. The lowest BCUT2D eigenvalue weighted by molar-refractivity contribution is -0.138. The molecule has 0 fully saturated rings. The molecule has 0 unspecified atom stereocenters. The third-order valence-corrected chi connectivity index (χ3v) is 2.56. The molecule has 1 aromatic rings. The van der Waals surface area contributed by atoms with E-state index in [9.17, 15) is 19.8 Å². The van der Waals surface area contributed by atoms with Gasteiger partial charge in [-0.3, -0.25) is 9.59 Å². The number of aliphatic carboxylic acids is 2. The minimum atomic E-state index is -1.03. The molecule has 0 saturated carbocycles. The standard InChI is InChI=1S/C12H14O6/c13-9-3-4-10(14)8(2-6-12(17)18)7(9)1-5-11(15)16/h3-4,13-14H,1-2,5-6H2,(H,15,16)(H,17,18). The van der Waals surface area contributed by atoms with Gasteiger partial charge in [0.05, 0.1) is 0 Å². The third kappa shape index (κ3) is 3.65. The molecule has 98 valence electrons. The van der Waals surface area contributed by atoms with Crippen molar-refractivity contribution < 1.29 is 30.0 Å². The molecule has 0 amide bonds. The van der Waals surface area contributed by atoms with E-state index in [1.165, 1.54) is 12.1 Å². The van der Waals surface area contributed by atoms with Crippen molar-refractivity contribution >= 4 is 11.9 Å². The first-order valence-corrected chi connectivity index (χ1v) is 5.38. The zero-order chi connectivity index (χ0) is 13.7. The normalized spacial score (nSPS) is 10.2. The van der Waals surface area contributed by atoms with E-state index in [2.05, 4.69) is 0 Å². The number of phenolic OH excluding ortho intramolecular Hbond substituents is 2. The summed E-state index contributed by atoms with van der Waals surface area (Å²) in [5.41, 5.74) is 0.581. The van der Waals surface area contributed by atoms with Crippen LogP contribution < -0.4 is 0 Å². The minimum absolute atomic E-state index is 0.0461. The summed E-state index contributed by atoms with van der Waals surface area (Å²) < 4.78 is 0. The van der Waals surface area contributed by atoms with E-state index in [4.69, 9.17) is 10.2 Å². The molecule has 0 radical (unpaired) electrons. The average Bonchev–Trinajstić information content (AvgIpc) is 2.28. The second-order valence-corrected chi connectivity index (χ2v) is 3.85. The Balaban J connectivity index is 2.99. The molecule has 0 heterocycles. The van der Waals surface area contributed by atoms with E-state index in [1.54, 1.807) is 0 Å². The van der Waals surface area contributed by atoms with Crippen LogP contribution in [0.2, 0.25) is 0 Å². The lowest BCUT2D eigenvalue weighted by Crippen LogP contribution is -2.04. The first-order chi connectivity index (χ1) is 8.41. The Morgan fingerprint density at radius 2 is 1.17 bits per heavy atom. The first-order valence-electron chi connectivity index (χ1n) is 5.38. The van der Waals surface area contributed by atoms with Crippen molar-refractivity contribution in [3.8, 4) is 11.5 Å². The molecular weight excluding hydrogens is 240 g/mol. The Morgan fingerprint density at radius 1 is 0.833 bits per heavy atom. The zero-order valence-corrected chi connectivity index (χ0v) is 9.59. The monoisotopic (exact) mass is 254 g/mol. The smallest absolute Gasteiger partial charge is 0.303 e. The van der Waals surface area contributed by atoms with Gasteiger partial charge in [0.25, 0.3) is 0 Å². The highest BCUT2D eigenvalue weighted by atomic mass is 16.4. The van der Waals surface area contributed by atoms with E-state index in [1.807, 2.05) is 0 Å². The predicted octanol–water partition coefficient (Wildman–Crippen LogP) is 1.13. The third-order valence-electron chi connectivity index (χ3n) is 2.56. The molecule has 0 saturated heterocycles. The predicted molar refractivity (Wildman–Crippen MR) is 61.7 cm³/mol. The van der Waals surface area contributed by atoms with Crippen LogP contribution in [0.3, 0.4) is 0 Å². The lowest BCUT2D eigenvalue weighted by Gasteiger charge is -2.12. The summed E-state index contributed by atoms with van der Waals surface area (Å²) >= 11 is 0. The van der Waals surface area contributed by atoms with Crippen molar-refractivity contribution in [2.75, 3.05) is 0 Å². The highest BCUT2D eigenvalue weighted by molar-refractivity contribution is 5.68. The number of phenols is 2. The van der Waals surface area contributed by atoms with E-state index in [0.717, 1.165) is 0 Å².